The van der Waals surface area contributed by atoms with Crippen LogP contribution in [0.2, 0.25) is 0 Å². The van der Waals surface area contributed by atoms with Crippen molar-refractivity contribution in [3.8, 4) is 0 Å². The molecule has 4 nitrogen and oxygen atoms in total. The molecule has 0 spiro atoms. The van der Waals surface area contributed by atoms with E-state index >= 15 is 0 Å². The van der Waals surface area contributed by atoms with Gasteiger partial charge in [0.05, 0.1) is 5.69 Å². The van der Waals surface area contributed by atoms with Gasteiger partial charge in [0.25, 0.3) is 0 Å². The van der Waals surface area contributed by atoms with Crippen LogP contribution in [0, 0.1) is 5.82 Å². The summed E-state index contributed by atoms with van der Waals surface area (Å²) in [7, 11) is 0. The summed E-state index contributed by atoms with van der Waals surface area (Å²) in [5.41, 5.74) is -0.726. The molecule has 0 fully saturated rings. The van der Waals surface area contributed by atoms with E-state index in [-0.39, 0.29) is 5.52 Å². The summed E-state index contributed by atoms with van der Waals surface area (Å²) >= 11 is 0. The first kappa shape index (κ1) is 11.4. The molecule has 0 aliphatic carbocycles. The molecule has 0 saturated heterocycles. The van der Waals surface area contributed by atoms with E-state index in [2.05, 4.69) is 9.97 Å². The maximum atomic E-state index is 13.5. The zero-order valence-electron chi connectivity index (χ0n) is 9.44. The fourth-order valence-corrected chi connectivity index (χ4v) is 1.65. The van der Waals surface area contributed by atoms with Crippen LogP contribution >= 0.6 is 0 Å². The van der Waals surface area contributed by atoms with Crippen LogP contribution in [-0.4, -0.2) is 21.0 Å². The Bertz CT molecular complexity index is 596. The molecule has 1 heterocycles. The van der Waals surface area contributed by atoms with Gasteiger partial charge in [-0.2, -0.15) is 0 Å². The van der Waals surface area contributed by atoms with Crippen molar-refractivity contribution in [2.45, 2.75) is 19.3 Å². The van der Waals surface area contributed by atoms with Crippen molar-refractivity contribution in [3.63, 3.8) is 0 Å². The molecule has 17 heavy (non-hydrogen) atoms. The number of aliphatic carboxylic acids is 1. The summed E-state index contributed by atoms with van der Waals surface area (Å²) in [5, 5.41) is 9.60. The van der Waals surface area contributed by atoms with Crippen molar-refractivity contribution in [1.29, 1.82) is 0 Å². The average Bonchev–Trinajstić information content (AvgIpc) is 2.28. The fraction of sp³-hybridized carbons (Fsp3) is 0.250. The molecule has 0 unspecified atom stereocenters. The Balaban J connectivity index is 2.80. The van der Waals surface area contributed by atoms with Crippen LogP contribution in [0.5, 0.6) is 0 Å². The molecule has 88 valence electrons. The van der Waals surface area contributed by atoms with Crippen LogP contribution in [0.15, 0.2) is 24.5 Å². The summed E-state index contributed by atoms with van der Waals surface area (Å²) in [6, 6.07) is 4.42. The smallest absolute Gasteiger partial charge is 0.315 e. The summed E-state index contributed by atoms with van der Waals surface area (Å²) in [4.78, 5) is 19.0. The number of benzene rings is 1. The molecule has 0 aliphatic heterocycles. The highest BCUT2D eigenvalue weighted by molar-refractivity contribution is 5.89. The summed E-state index contributed by atoms with van der Waals surface area (Å²) in [6.45, 7) is 3.06. The lowest BCUT2D eigenvalue weighted by Crippen LogP contribution is -2.30. The van der Waals surface area contributed by atoms with Gasteiger partial charge in [0.2, 0.25) is 0 Å². The van der Waals surface area contributed by atoms with Gasteiger partial charge in [0.1, 0.15) is 23.1 Å². The Hall–Kier alpha value is -2.04. The van der Waals surface area contributed by atoms with E-state index in [9.17, 15) is 9.18 Å². The normalized spacial score (nSPS) is 11.7. The predicted molar refractivity (Wildman–Crippen MR) is 60.2 cm³/mol. The molecule has 0 amide bonds. The van der Waals surface area contributed by atoms with Crippen LogP contribution in [-0.2, 0) is 10.2 Å². The quantitative estimate of drug-likeness (QED) is 0.864. The van der Waals surface area contributed by atoms with E-state index in [1.807, 2.05) is 0 Å². The van der Waals surface area contributed by atoms with Gasteiger partial charge in [-0.05, 0) is 19.9 Å². The Kier molecular flexibility index (Phi) is 2.53. The zero-order valence-corrected chi connectivity index (χ0v) is 9.44. The summed E-state index contributed by atoms with van der Waals surface area (Å²) in [5.74, 6) is -1.49. The monoisotopic (exact) mass is 234 g/mol. The molecule has 1 aromatic heterocycles. The molecule has 0 aliphatic rings. The number of rotatable bonds is 2. The standard InChI is InChI=1S/C12H11FN2O2/c1-12(2,11(16)17)10-7-4-3-5-8(13)9(7)14-6-15-10/h3-6H,1-2H3,(H,16,17). The van der Waals surface area contributed by atoms with Crippen molar-refractivity contribution in [3.05, 3.63) is 36.0 Å². The minimum absolute atomic E-state index is 0.145. The van der Waals surface area contributed by atoms with Gasteiger partial charge in [-0.3, -0.25) is 4.79 Å². The third-order valence-electron chi connectivity index (χ3n) is 2.74. The second-order valence-electron chi connectivity index (χ2n) is 4.29. The maximum Gasteiger partial charge on any atom is 0.315 e. The van der Waals surface area contributed by atoms with Gasteiger partial charge >= 0.3 is 5.97 Å². The van der Waals surface area contributed by atoms with Crippen molar-refractivity contribution in [2.75, 3.05) is 0 Å². The molecule has 1 aromatic carbocycles. The zero-order chi connectivity index (χ0) is 12.6. The van der Waals surface area contributed by atoms with Crippen molar-refractivity contribution in [2.24, 2.45) is 0 Å². The molecule has 5 heteroatoms. The number of fused-ring (bicyclic) bond motifs is 1. The Morgan fingerprint density at radius 3 is 2.71 bits per heavy atom. The van der Waals surface area contributed by atoms with Gasteiger partial charge in [0.15, 0.2) is 0 Å². The van der Waals surface area contributed by atoms with Crippen LogP contribution in [0.3, 0.4) is 0 Å². The Morgan fingerprint density at radius 1 is 1.35 bits per heavy atom. The number of hydrogen-bond donors (Lipinski definition) is 1. The van der Waals surface area contributed by atoms with Gasteiger partial charge in [-0.25, -0.2) is 14.4 Å². The lowest BCUT2D eigenvalue weighted by molar-refractivity contribution is -0.142. The van der Waals surface area contributed by atoms with Gasteiger partial charge in [0, 0.05) is 5.39 Å². The molecule has 0 atom stereocenters. The average molecular weight is 234 g/mol. The summed E-state index contributed by atoms with van der Waals surface area (Å²) in [6.07, 6.45) is 1.19. The molecule has 0 bridgehead atoms. The van der Waals surface area contributed by atoms with Gasteiger partial charge in [-0.15, -0.1) is 0 Å². The minimum atomic E-state index is -1.19. The number of nitrogens with zero attached hydrogens (tertiary/aromatic N) is 2. The van der Waals surface area contributed by atoms with E-state index in [0.29, 0.717) is 11.1 Å². The van der Waals surface area contributed by atoms with Crippen molar-refractivity contribution in [1.82, 2.24) is 9.97 Å². The van der Waals surface area contributed by atoms with Crippen molar-refractivity contribution < 1.29 is 14.3 Å². The van der Waals surface area contributed by atoms with Crippen LogP contribution in [0.4, 0.5) is 4.39 Å². The number of carboxylic acids is 1. The highest BCUT2D eigenvalue weighted by Gasteiger charge is 2.33. The molecule has 2 aromatic rings. The maximum absolute atomic E-state index is 13.5. The number of para-hydroxylation sites is 1. The number of carbonyl (C=O) groups is 1. The Morgan fingerprint density at radius 2 is 2.06 bits per heavy atom. The molecular weight excluding hydrogens is 223 g/mol. The molecular formula is C12H11FN2O2. The first-order chi connectivity index (χ1) is 7.94. The van der Waals surface area contributed by atoms with E-state index in [0.717, 1.165) is 0 Å². The Labute approximate surface area is 97.1 Å². The fourth-order valence-electron chi connectivity index (χ4n) is 1.65. The van der Waals surface area contributed by atoms with E-state index in [4.69, 9.17) is 5.11 Å². The number of hydrogen-bond acceptors (Lipinski definition) is 3. The van der Waals surface area contributed by atoms with Crippen LogP contribution < -0.4 is 0 Å². The number of aromatic nitrogens is 2. The van der Waals surface area contributed by atoms with E-state index < -0.39 is 17.2 Å². The highest BCUT2D eigenvalue weighted by atomic mass is 19.1. The van der Waals surface area contributed by atoms with Crippen LogP contribution in [0.25, 0.3) is 10.9 Å². The lowest BCUT2D eigenvalue weighted by atomic mass is 9.87. The van der Waals surface area contributed by atoms with Gasteiger partial charge in [-0.1, -0.05) is 12.1 Å². The topological polar surface area (TPSA) is 63.1 Å². The SMILES string of the molecule is CC(C)(C(=O)O)c1ncnc2c(F)cccc12. The minimum Gasteiger partial charge on any atom is -0.481 e. The molecule has 2 rings (SSSR count). The van der Waals surface area contributed by atoms with Crippen molar-refractivity contribution >= 4 is 16.9 Å². The highest BCUT2D eigenvalue weighted by Crippen LogP contribution is 2.28. The second kappa shape index (κ2) is 3.76. The molecule has 0 radical (unpaired) electrons. The number of carboxylic acid groups (broad SMARTS) is 1. The largest absolute Gasteiger partial charge is 0.481 e. The van der Waals surface area contributed by atoms with E-state index in [1.165, 1.54) is 32.3 Å². The number of halogens is 1. The van der Waals surface area contributed by atoms with Crippen LogP contribution in [0.1, 0.15) is 19.5 Å². The van der Waals surface area contributed by atoms with E-state index in [1.54, 1.807) is 6.07 Å². The van der Waals surface area contributed by atoms with Gasteiger partial charge < -0.3 is 5.11 Å². The third kappa shape index (κ3) is 1.73. The molecule has 1 N–H and O–H groups in total. The molecule has 0 saturated carbocycles. The summed E-state index contributed by atoms with van der Waals surface area (Å²) < 4.78 is 13.5. The predicted octanol–water partition coefficient (Wildman–Crippen LogP) is 2.13. The first-order valence-electron chi connectivity index (χ1n) is 5.07. The second-order valence-corrected chi connectivity index (χ2v) is 4.29. The third-order valence-corrected chi connectivity index (χ3v) is 2.74. The first-order valence-corrected chi connectivity index (χ1v) is 5.07. The lowest BCUT2D eigenvalue weighted by Gasteiger charge is -2.19.